The predicted octanol–water partition coefficient (Wildman–Crippen LogP) is 3.59. The van der Waals surface area contributed by atoms with Crippen LogP contribution >= 0.6 is 40.1 Å². The van der Waals surface area contributed by atoms with Gasteiger partial charge in [-0.1, -0.05) is 18.2 Å². The normalized spacial score (nSPS) is 9.71. The van der Waals surface area contributed by atoms with Crippen LogP contribution in [0.3, 0.4) is 0 Å². The van der Waals surface area contributed by atoms with E-state index in [0.29, 0.717) is 12.3 Å². The number of hydrogen-bond donors (Lipinski definition) is 2. The van der Waals surface area contributed by atoms with Crippen molar-refractivity contribution in [1.29, 1.82) is 0 Å². The zero-order chi connectivity index (χ0) is 11.8. The number of halogens is 2. The Balaban J connectivity index is 0.00000256. The number of nitrogens with one attached hydrogen (secondary N) is 1. The van der Waals surface area contributed by atoms with Crippen LogP contribution < -0.4 is 5.32 Å². The molecule has 0 spiro atoms. The zero-order valence-electron chi connectivity index (χ0n) is 9.49. The first-order valence-corrected chi connectivity index (χ1v) is 7.06. The van der Waals surface area contributed by atoms with Crippen molar-refractivity contribution in [1.82, 2.24) is 5.32 Å². The Bertz CT molecular complexity index is 349. The van der Waals surface area contributed by atoms with Crippen LogP contribution in [-0.2, 0) is 6.54 Å². The van der Waals surface area contributed by atoms with Gasteiger partial charge in [0, 0.05) is 30.2 Å². The molecule has 0 bridgehead atoms. The predicted molar refractivity (Wildman–Crippen MR) is 82.3 cm³/mol. The lowest BCUT2D eigenvalue weighted by Gasteiger charge is -2.07. The van der Waals surface area contributed by atoms with Gasteiger partial charge in [-0.25, -0.2) is 0 Å². The minimum absolute atomic E-state index is 0. The lowest BCUT2D eigenvalue weighted by Crippen LogP contribution is -2.16. The Kier molecular flexibility index (Phi) is 9.74. The zero-order valence-corrected chi connectivity index (χ0v) is 12.7. The highest BCUT2D eigenvalue weighted by Gasteiger charge is 2.03. The van der Waals surface area contributed by atoms with Crippen molar-refractivity contribution < 1.29 is 5.11 Å². The second-order valence-electron chi connectivity index (χ2n) is 3.29. The number of phenolic OH excluding ortho intramolecular Hbond substituents is 1. The Morgan fingerprint density at radius 2 is 2.24 bits per heavy atom. The molecule has 2 nitrogen and oxygen atoms in total. The maximum atomic E-state index is 9.73. The molecular weight excluding hydrogens is 322 g/mol. The highest BCUT2D eigenvalue weighted by atomic mass is 79.9. The first-order chi connectivity index (χ1) is 7.75. The Labute approximate surface area is 121 Å². The van der Waals surface area contributed by atoms with Gasteiger partial charge in [-0.05, 0) is 22.0 Å². The van der Waals surface area contributed by atoms with Crippen LogP contribution in [0.5, 0.6) is 5.75 Å². The van der Waals surface area contributed by atoms with Gasteiger partial charge >= 0.3 is 0 Å². The van der Waals surface area contributed by atoms with Crippen molar-refractivity contribution in [3.05, 3.63) is 40.9 Å². The highest BCUT2D eigenvalue weighted by Crippen LogP contribution is 2.27. The summed E-state index contributed by atoms with van der Waals surface area (Å²) in [5.74, 6) is 2.37. The molecule has 1 aromatic rings. The largest absolute Gasteiger partial charge is 0.506 e. The third kappa shape index (κ3) is 6.36. The summed E-state index contributed by atoms with van der Waals surface area (Å²) >= 11 is 5.14. The van der Waals surface area contributed by atoms with Crippen molar-refractivity contribution in [2.24, 2.45) is 0 Å². The maximum absolute atomic E-state index is 9.73. The lowest BCUT2D eigenvalue weighted by molar-refractivity contribution is 0.462. The maximum Gasteiger partial charge on any atom is 0.134 e. The second kappa shape index (κ2) is 9.83. The SMILES string of the molecule is C=CCSCCNCc1cccc(Br)c1O.Cl. The molecule has 2 N–H and O–H groups in total. The van der Waals surface area contributed by atoms with Crippen molar-refractivity contribution >= 4 is 40.1 Å². The van der Waals surface area contributed by atoms with Crippen LogP contribution in [0.1, 0.15) is 5.56 Å². The van der Waals surface area contributed by atoms with Gasteiger partial charge in [0.1, 0.15) is 5.75 Å². The average molecular weight is 339 g/mol. The molecule has 0 radical (unpaired) electrons. The van der Waals surface area contributed by atoms with E-state index in [1.54, 1.807) is 0 Å². The first kappa shape index (κ1) is 16.8. The summed E-state index contributed by atoms with van der Waals surface area (Å²) in [4.78, 5) is 0. The quantitative estimate of drug-likeness (QED) is 0.589. The molecule has 0 aliphatic rings. The van der Waals surface area contributed by atoms with E-state index in [9.17, 15) is 5.11 Å². The summed E-state index contributed by atoms with van der Waals surface area (Å²) < 4.78 is 0.743. The van der Waals surface area contributed by atoms with Crippen LogP contribution in [0.2, 0.25) is 0 Å². The van der Waals surface area contributed by atoms with Gasteiger partial charge < -0.3 is 10.4 Å². The topological polar surface area (TPSA) is 32.3 Å². The summed E-state index contributed by atoms with van der Waals surface area (Å²) in [6, 6.07) is 5.68. The molecule has 1 aromatic carbocycles. The molecule has 0 saturated carbocycles. The van der Waals surface area contributed by atoms with E-state index in [1.807, 2.05) is 36.0 Å². The van der Waals surface area contributed by atoms with Crippen LogP contribution in [0.4, 0.5) is 0 Å². The molecule has 0 unspecified atom stereocenters. The molecule has 0 atom stereocenters. The minimum atomic E-state index is 0. The third-order valence-corrected chi connectivity index (χ3v) is 3.65. The standard InChI is InChI=1S/C12H16BrNOS.ClH/c1-2-7-16-8-6-14-9-10-4-3-5-11(13)12(10)15;/h2-5,14-15H,1,6-9H2;1H. The molecule has 5 heteroatoms. The van der Waals surface area contributed by atoms with E-state index >= 15 is 0 Å². The fraction of sp³-hybridized carbons (Fsp3) is 0.333. The monoisotopic (exact) mass is 337 g/mol. The Morgan fingerprint density at radius 3 is 2.94 bits per heavy atom. The van der Waals surface area contributed by atoms with Gasteiger partial charge in [-0.15, -0.1) is 19.0 Å². The summed E-state index contributed by atoms with van der Waals surface area (Å²) in [6.07, 6.45) is 1.91. The van der Waals surface area contributed by atoms with Crippen molar-refractivity contribution in [3.63, 3.8) is 0 Å². The van der Waals surface area contributed by atoms with Crippen molar-refractivity contribution in [3.8, 4) is 5.75 Å². The molecule has 0 amide bonds. The molecule has 0 saturated heterocycles. The Hall–Kier alpha value is -0.160. The molecule has 0 heterocycles. The number of rotatable bonds is 7. The van der Waals surface area contributed by atoms with Gasteiger partial charge in [0.15, 0.2) is 0 Å². The second-order valence-corrected chi connectivity index (χ2v) is 5.29. The first-order valence-electron chi connectivity index (χ1n) is 5.11. The van der Waals surface area contributed by atoms with Gasteiger partial charge in [-0.2, -0.15) is 11.8 Å². The molecule has 1 rings (SSSR count). The summed E-state index contributed by atoms with van der Waals surface area (Å²) in [5.41, 5.74) is 0.920. The number of para-hydroxylation sites is 1. The fourth-order valence-electron chi connectivity index (χ4n) is 1.24. The summed E-state index contributed by atoms with van der Waals surface area (Å²) in [7, 11) is 0. The van der Waals surface area contributed by atoms with E-state index in [0.717, 1.165) is 28.1 Å². The van der Waals surface area contributed by atoms with E-state index in [1.165, 1.54) is 0 Å². The van der Waals surface area contributed by atoms with E-state index in [2.05, 4.69) is 27.8 Å². The minimum Gasteiger partial charge on any atom is -0.506 e. The van der Waals surface area contributed by atoms with Crippen molar-refractivity contribution in [2.75, 3.05) is 18.1 Å². The van der Waals surface area contributed by atoms with Gasteiger partial charge in [0.2, 0.25) is 0 Å². The average Bonchev–Trinajstić information content (AvgIpc) is 2.29. The lowest BCUT2D eigenvalue weighted by atomic mass is 10.2. The van der Waals surface area contributed by atoms with Crippen molar-refractivity contribution in [2.45, 2.75) is 6.54 Å². The summed E-state index contributed by atoms with van der Waals surface area (Å²) in [6.45, 7) is 5.30. The molecule has 0 aromatic heterocycles. The summed E-state index contributed by atoms with van der Waals surface area (Å²) in [5, 5.41) is 13.0. The molecule has 0 fully saturated rings. The number of thioether (sulfide) groups is 1. The fourth-order valence-corrected chi connectivity index (χ4v) is 2.27. The van der Waals surface area contributed by atoms with E-state index in [4.69, 9.17) is 0 Å². The number of aromatic hydroxyl groups is 1. The van der Waals surface area contributed by atoms with Gasteiger partial charge in [-0.3, -0.25) is 0 Å². The highest BCUT2D eigenvalue weighted by molar-refractivity contribution is 9.10. The third-order valence-electron chi connectivity index (χ3n) is 2.04. The molecule has 17 heavy (non-hydrogen) atoms. The van der Waals surface area contributed by atoms with E-state index in [-0.39, 0.29) is 12.4 Å². The smallest absolute Gasteiger partial charge is 0.134 e. The van der Waals surface area contributed by atoms with Crippen LogP contribution in [0, 0.1) is 0 Å². The number of hydrogen-bond acceptors (Lipinski definition) is 3. The van der Waals surface area contributed by atoms with Gasteiger partial charge in [0.05, 0.1) is 4.47 Å². The van der Waals surface area contributed by atoms with Gasteiger partial charge in [0.25, 0.3) is 0 Å². The van der Waals surface area contributed by atoms with Crippen LogP contribution in [0.25, 0.3) is 0 Å². The molecule has 96 valence electrons. The van der Waals surface area contributed by atoms with E-state index < -0.39 is 0 Å². The number of phenols is 1. The van der Waals surface area contributed by atoms with Crippen LogP contribution in [-0.4, -0.2) is 23.2 Å². The molecule has 0 aliphatic heterocycles. The Morgan fingerprint density at radius 1 is 1.47 bits per heavy atom. The number of benzene rings is 1. The van der Waals surface area contributed by atoms with Crippen LogP contribution in [0.15, 0.2) is 35.3 Å². The molecule has 0 aliphatic carbocycles. The molecular formula is C12H17BrClNOS.